The monoisotopic (exact) mass is 237 g/mol. The second-order valence-corrected chi connectivity index (χ2v) is 5.16. The molecule has 0 aromatic heterocycles. The maximum Gasteiger partial charge on any atom is 0.0208 e. The summed E-state index contributed by atoms with van der Waals surface area (Å²) in [6, 6.07) is 19.9. The van der Waals surface area contributed by atoms with Crippen molar-refractivity contribution in [3.05, 3.63) is 71.3 Å². The molecular weight excluding hydrogens is 218 g/mol. The van der Waals surface area contributed by atoms with Gasteiger partial charge in [0, 0.05) is 18.5 Å². The summed E-state index contributed by atoms with van der Waals surface area (Å²) in [4.78, 5) is 0. The van der Waals surface area contributed by atoms with Crippen LogP contribution in [0.1, 0.15) is 29.5 Å². The zero-order chi connectivity index (χ0) is 12.4. The topological polar surface area (TPSA) is 12.0 Å². The molecule has 0 bridgehead atoms. The molecule has 1 N–H and O–H groups in total. The molecule has 1 aliphatic rings. The molecule has 18 heavy (non-hydrogen) atoms. The Bertz CT molecular complexity index is 518. The number of hydrogen-bond donors (Lipinski definition) is 1. The quantitative estimate of drug-likeness (QED) is 0.858. The molecule has 0 aliphatic heterocycles. The molecule has 1 nitrogen and oxygen atoms in total. The Morgan fingerprint density at radius 2 is 1.78 bits per heavy atom. The van der Waals surface area contributed by atoms with E-state index in [1.807, 2.05) is 0 Å². The largest absolute Gasteiger partial charge is 0.310 e. The smallest absolute Gasteiger partial charge is 0.0208 e. The van der Waals surface area contributed by atoms with Gasteiger partial charge < -0.3 is 5.32 Å². The fourth-order valence-electron chi connectivity index (χ4n) is 2.76. The van der Waals surface area contributed by atoms with Crippen molar-refractivity contribution in [1.82, 2.24) is 5.32 Å². The van der Waals surface area contributed by atoms with Crippen LogP contribution in [-0.2, 0) is 13.0 Å². The predicted octanol–water partition coefficient (Wildman–Crippen LogP) is 3.50. The number of benzene rings is 2. The van der Waals surface area contributed by atoms with Crippen LogP contribution < -0.4 is 5.32 Å². The number of rotatable bonds is 4. The third-order valence-corrected chi connectivity index (χ3v) is 3.97. The molecule has 0 radical (unpaired) electrons. The highest BCUT2D eigenvalue weighted by Crippen LogP contribution is 2.37. The summed E-state index contributed by atoms with van der Waals surface area (Å²) in [6.45, 7) is 3.25. The first-order chi connectivity index (χ1) is 8.84. The van der Waals surface area contributed by atoms with Gasteiger partial charge in [-0.3, -0.25) is 0 Å². The Morgan fingerprint density at radius 3 is 2.56 bits per heavy atom. The first-order valence-electron chi connectivity index (χ1n) is 6.69. The van der Waals surface area contributed by atoms with Crippen molar-refractivity contribution in [3.8, 4) is 0 Å². The molecule has 0 saturated heterocycles. The van der Waals surface area contributed by atoms with Gasteiger partial charge in [-0.1, -0.05) is 54.6 Å². The fourth-order valence-corrected chi connectivity index (χ4v) is 2.76. The Kier molecular flexibility index (Phi) is 3.16. The molecule has 0 heterocycles. The minimum atomic E-state index is 0.542. The average molecular weight is 237 g/mol. The van der Waals surface area contributed by atoms with Crippen LogP contribution >= 0.6 is 0 Å². The minimum Gasteiger partial charge on any atom is -0.310 e. The first-order valence-corrected chi connectivity index (χ1v) is 6.69. The molecule has 1 aliphatic carbocycles. The second-order valence-electron chi connectivity index (χ2n) is 5.16. The van der Waals surface area contributed by atoms with Crippen LogP contribution in [0.2, 0.25) is 0 Å². The van der Waals surface area contributed by atoms with Gasteiger partial charge in [-0.15, -0.1) is 0 Å². The Hall–Kier alpha value is -1.60. The molecule has 92 valence electrons. The van der Waals surface area contributed by atoms with Crippen molar-refractivity contribution in [2.45, 2.75) is 31.8 Å². The molecule has 0 fully saturated rings. The van der Waals surface area contributed by atoms with Gasteiger partial charge in [-0.2, -0.15) is 0 Å². The van der Waals surface area contributed by atoms with Gasteiger partial charge in [-0.25, -0.2) is 0 Å². The summed E-state index contributed by atoms with van der Waals surface area (Å²) in [5.74, 6) is 0.685. The van der Waals surface area contributed by atoms with E-state index in [0.717, 1.165) is 6.54 Å². The predicted molar refractivity (Wildman–Crippen MR) is 75.6 cm³/mol. The average Bonchev–Trinajstić information content (AvgIpc) is 2.39. The second kappa shape index (κ2) is 4.95. The van der Waals surface area contributed by atoms with Crippen molar-refractivity contribution in [1.29, 1.82) is 0 Å². The van der Waals surface area contributed by atoms with E-state index in [4.69, 9.17) is 0 Å². The normalized spacial score (nSPS) is 18.8. The summed E-state index contributed by atoms with van der Waals surface area (Å²) in [5.41, 5.74) is 4.42. The standard InChI is InChI=1S/C17H19N/c1-13(18-12-14-7-3-2-4-8-14)17-11-15-9-5-6-10-16(15)17/h2-10,13,17-18H,11-12H2,1H3/t13-,17-/m1/s1. The molecule has 0 saturated carbocycles. The fraction of sp³-hybridized carbons (Fsp3) is 0.294. The van der Waals surface area contributed by atoms with Crippen LogP contribution in [0, 0.1) is 0 Å². The number of nitrogens with one attached hydrogen (secondary N) is 1. The van der Waals surface area contributed by atoms with Crippen LogP contribution in [0.25, 0.3) is 0 Å². The van der Waals surface area contributed by atoms with E-state index >= 15 is 0 Å². The Morgan fingerprint density at radius 1 is 1.06 bits per heavy atom. The van der Waals surface area contributed by atoms with Crippen LogP contribution in [-0.4, -0.2) is 6.04 Å². The summed E-state index contributed by atoms with van der Waals surface area (Å²) in [6.07, 6.45) is 1.22. The van der Waals surface area contributed by atoms with Gasteiger partial charge in [0.2, 0.25) is 0 Å². The molecular formula is C17H19N. The van der Waals surface area contributed by atoms with Gasteiger partial charge in [0.05, 0.1) is 0 Å². The summed E-state index contributed by atoms with van der Waals surface area (Å²) in [5, 5.41) is 3.64. The lowest BCUT2D eigenvalue weighted by Gasteiger charge is -2.35. The molecule has 0 spiro atoms. The highest BCUT2D eigenvalue weighted by Gasteiger charge is 2.29. The van der Waals surface area contributed by atoms with Crippen molar-refractivity contribution in [3.63, 3.8) is 0 Å². The molecule has 0 amide bonds. The molecule has 2 aromatic rings. The highest BCUT2D eigenvalue weighted by atomic mass is 14.9. The lowest BCUT2D eigenvalue weighted by molar-refractivity contribution is 0.424. The lowest BCUT2D eigenvalue weighted by atomic mass is 9.74. The third-order valence-electron chi connectivity index (χ3n) is 3.97. The van der Waals surface area contributed by atoms with Gasteiger partial charge in [0.25, 0.3) is 0 Å². The van der Waals surface area contributed by atoms with Gasteiger partial charge in [0.1, 0.15) is 0 Å². The van der Waals surface area contributed by atoms with Gasteiger partial charge >= 0.3 is 0 Å². The summed E-state index contributed by atoms with van der Waals surface area (Å²) < 4.78 is 0. The van der Waals surface area contributed by atoms with Crippen LogP contribution in [0.15, 0.2) is 54.6 Å². The van der Waals surface area contributed by atoms with E-state index in [9.17, 15) is 0 Å². The molecule has 3 rings (SSSR count). The van der Waals surface area contributed by atoms with E-state index in [1.54, 1.807) is 0 Å². The van der Waals surface area contributed by atoms with E-state index in [-0.39, 0.29) is 0 Å². The zero-order valence-electron chi connectivity index (χ0n) is 10.8. The van der Waals surface area contributed by atoms with E-state index in [2.05, 4.69) is 66.8 Å². The van der Waals surface area contributed by atoms with Crippen LogP contribution in [0.3, 0.4) is 0 Å². The lowest BCUT2D eigenvalue weighted by Crippen LogP contribution is -2.37. The molecule has 2 aromatic carbocycles. The highest BCUT2D eigenvalue weighted by molar-refractivity contribution is 5.41. The summed E-state index contributed by atoms with van der Waals surface area (Å²) in [7, 11) is 0. The van der Waals surface area contributed by atoms with E-state index in [1.165, 1.54) is 23.1 Å². The Balaban J connectivity index is 1.59. The Labute approximate surface area is 109 Å². The summed E-state index contributed by atoms with van der Waals surface area (Å²) >= 11 is 0. The number of fused-ring (bicyclic) bond motifs is 1. The van der Waals surface area contributed by atoms with E-state index in [0.29, 0.717) is 12.0 Å². The SMILES string of the molecule is C[C@@H](NCc1ccccc1)[C@H]1Cc2ccccc21. The maximum absolute atomic E-state index is 3.64. The van der Waals surface area contributed by atoms with Crippen molar-refractivity contribution in [2.75, 3.05) is 0 Å². The third kappa shape index (κ3) is 2.19. The van der Waals surface area contributed by atoms with E-state index < -0.39 is 0 Å². The molecule has 1 heteroatoms. The zero-order valence-corrected chi connectivity index (χ0v) is 10.8. The van der Waals surface area contributed by atoms with Crippen molar-refractivity contribution >= 4 is 0 Å². The van der Waals surface area contributed by atoms with Crippen LogP contribution in [0.5, 0.6) is 0 Å². The van der Waals surface area contributed by atoms with Crippen molar-refractivity contribution in [2.24, 2.45) is 0 Å². The van der Waals surface area contributed by atoms with Crippen LogP contribution in [0.4, 0.5) is 0 Å². The number of hydrogen-bond acceptors (Lipinski definition) is 1. The van der Waals surface area contributed by atoms with Gasteiger partial charge in [-0.05, 0) is 30.0 Å². The minimum absolute atomic E-state index is 0.542. The maximum atomic E-state index is 3.64. The molecule has 2 atom stereocenters. The van der Waals surface area contributed by atoms with Gasteiger partial charge in [0.15, 0.2) is 0 Å². The van der Waals surface area contributed by atoms with Crippen molar-refractivity contribution < 1.29 is 0 Å². The first kappa shape index (κ1) is 11.5. The molecule has 0 unspecified atom stereocenters.